The number of nitrogen functional groups attached to an aromatic ring is 1. The quantitative estimate of drug-likeness (QED) is 0.685. The Morgan fingerprint density at radius 3 is 2.79 bits per heavy atom. The molecule has 0 radical (unpaired) electrons. The van der Waals surface area contributed by atoms with Crippen molar-refractivity contribution in [3.63, 3.8) is 0 Å². The number of thioether (sulfide) groups is 1. The molecule has 2 aromatic rings. The van der Waals surface area contributed by atoms with Gasteiger partial charge in [0, 0.05) is 27.8 Å². The first-order valence-corrected chi connectivity index (χ1v) is 7.50. The molecule has 2 aromatic carbocycles. The van der Waals surface area contributed by atoms with Gasteiger partial charge in [0.15, 0.2) is 0 Å². The van der Waals surface area contributed by atoms with Gasteiger partial charge in [0.25, 0.3) is 0 Å². The molecular weight excluding hydrogens is 278 g/mol. The van der Waals surface area contributed by atoms with Crippen molar-refractivity contribution in [3.05, 3.63) is 53.1 Å². The van der Waals surface area contributed by atoms with E-state index in [1.807, 2.05) is 42.5 Å². The molecule has 3 rings (SSSR count). The van der Waals surface area contributed by atoms with E-state index in [2.05, 4.69) is 0 Å². The molecule has 1 heterocycles. The fourth-order valence-corrected chi connectivity index (χ4v) is 3.22. The standard InChI is InChI=1S/C15H14ClNOS/c16-11-1-6-15-10(7-11)8-13(18-15)9-19-14-4-2-12(17)3-5-14/h1-7,13H,8-9,17H2. The van der Waals surface area contributed by atoms with E-state index >= 15 is 0 Å². The minimum Gasteiger partial charge on any atom is -0.489 e. The summed E-state index contributed by atoms with van der Waals surface area (Å²) in [5.74, 6) is 1.89. The first kappa shape index (κ1) is 12.7. The minimum atomic E-state index is 0.219. The number of hydrogen-bond acceptors (Lipinski definition) is 3. The highest BCUT2D eigenvalue weighted by Crippen LogP contribution is 2.33. The van der Waals surface area contributed by atoms with Crippen molar-refractivity contribution in [2.45, 2.75) is 17.4 Å². The number of hydrogen-bond donors (Lipinski definition) is 1. The van der Waals surface area contributed by atoms with Crippen LogP contribution < -0.4 is 10.5 Å². The van der Waals surface area contributed by atoms with Gasteiger partial charge in [-0.15, -0.1) is 11.8 Å². The molecular formula is C15H14ClNOS. The molecule has 0 saturated heterocycles. The fourth-order valence-electron chi connectivity index (χ4n) is 2.14. The maximum absolute atomic E-state index is 5.99. The van der Waals surface area contributed by atoms with Crippen LogP contribution >= 0.6 is 23.4 Å². The lowest BCUT2D eigenvalue weighted by atomic mass is 10.1. The highest BCUT2D eigenvalue weighted by atomic mass is 35.5. The Balaban J connectivity index is 1.60. The Morgan fingerprint density at radius 1 is 1.21 bits per heavy atom. The summed E-state index contributed by atoms with van der Waals surface area (Å²) >= 11 is 7.77. The smallest absolute Gasteiger partial charge is 0.123 e. The van der Waals surface area contributed by atoms with Crippen molar-refractivity contribution >= 4 is 29.1 Å². The van der Waals surface area contributed by atoms with E-state index < -0.39 is 0 Å². The summed E-state index contributed by atoms with van der Waals surface area (Å²) in [6.45, 7) is 0. The van der Waals surface area contributed by atoms with Crippen molar-refractivity contribution < 1.29 is 4.74 Å². The third kappa shape index (κ3) is 2.99. The van der Waals surface area contributed by atoms with Crippen molar-refractivity contribution in [2.75, 3.05) is 11.5 Å². The van der Waals surface area contributed by atoms with E-state index in [0.29, 0.717) is 0 Å². The maximum atomic E-state index is 5.99. The molecule has 2 nitrogen and oxygen atoms in total. The number of ether oxygens (including phenoxy) is 1. The van der Waals surface area contributed by atoms with Gasteiger partial charge in [0.2, 0.25) is 0 Å². The van der Waals surface area contributed by atoms with Crippen LogP contribution in [0.15, 0.2) is 47.4 Å². The van der Waals surface area contributed by atoms with Crippen molar-refractivity contribution in [1.29, 1.82) is 0 Å². The predicted molar refractivity (Wildman–Crippen MR) is 81.2 cm³/mol. The number of benzene rings is 2. The van der Waals surface area contributed by atoms with Crippen LogP contribution in [0.1, 0.15) is 5.56 Å². The van der Waals surface area contributed by atoms with Crippen LogP contribution in [0.2, 0.25) is 5.02 Å². The third-order valence-electron chi connectivity index (χ3n) is 3.08. The SMILES string of the molecule is Nc1ccc(SCC2Cc3cc(Cl)ccc3O2)cc1. The molecule has 1 aliphatic rings. The van der Waals surface area contributed by atoms with Crippen LogP contribution in [0.4, 0.5) is 5.69 Å². The zero-order valence-electron chi connectivity index (χ0n) is 10.3. The van der Waals surface area contributed by atoms with Crippen molar-refractivity contribution in [2.24, 2.45) is 0 Å². The molecule has 4 heteroatoms. The van der Waals surface area contributed by atoms with Crippen molar-refractivity contribution in [1.82, 2.24) is 0 Å². The number of halogens is 1. The molecule has 0 fully saturated rings. The van der Waals surface area contributed by atoms with E-state index in [4.69, 9.17) is 22.1 Å². The van der Waals surface area contributed by atoms with Gasteiger partial charge in [-0.05, 0) is 48.0 Å². The molecule has 0 amide bonds. The second kappa shape index (κ2) is 5.35. The zero-order chi connectivity index (χ0) is 13.2. The molecule has 1 unspecified atom stereocenters. The topological polar surface area (TPSA) is 35.2 Å². The van der Waals surface area contributed by atoms with Crippen LogP contribution in [-0.2, 0) is 6.42 Å². The Kier molecular flexibility index (Phi) is 3.58. The summed E-state index contributed by atoms with van der Waals surface area (Å²) in [4.78, 5) is 1.21. The molecule has 1 aliphatic heterocycles. The first-order valence-electron chi connectivity index (χ1n) is 6.14. The molecule has 0 aliphatic carbocycles. The second-order valence-electron chi connectivity index (χ2n) is 4.58. The fraction of sp³-hybridized carbons (Fsp3) is 0.200. The molecule has 2 N–H and O–H groups in total. The van der Waals surface area contributed by atoms with Gasteiger partial charge in [-0.1, -0.05) is 11.6 Å². The number of nitrogens with two attached hydrogens (primary N) is 1. The summed E-state index contributed by atoms with van der Waals surface area (Å²) in [5, 5.41) is 0.772. The Morgan fingerprint density at radius 2 is 2.00 bits per heavy atom. The normalized spacial score (nSPS) is 17.0. The lowest BCUT2D eigenvalue weighted by Crippen LogP contribution is -2.15. The predicted octanol–water partition coefficient (Wildman–Crippen LogP) is 4.02. The summed E-state index contributed by atoms with van der Waals surface area (Å²) in [5.41, 5.74) is 7.67. The molecule has 0 saturated carbocycles. The van der Waals surface area contributed by atoms with E-state index in [0.717, 1.165) is 28.6 Å². The zero-order valence-corrected chi connectivity index (χ0v) is 11.9. The average Bonchev–Trinajstić information content (AvgIpc) is 2.80. The summed E-state index contributed by atoms with van der Waals surface area (Å²) < 4.78 is 5.90. The van der Waals surface area contributed by atoms with Gasteiger partial charge in [-0.25, -0.2) is 0 Å². The average molecular weight is 292 g/mol. The van der Waals surface area contributed by atoms with Gasteiger partial charge >= 0.3 is 0 Å². The lowest BCUT2D eigenvalue weighted by molar-refractivity contribution is 0.259. The van der Waals surface area contributed by atoms with Crippen LogP contribution in [0, 0.1) is 0 Å². The van der Waals surface area contributed by atoms with Crippen LogP contribution in [-0.4, -0.2) is 11.9 Å². The van der Waals surface area contributed by atoms with Crippen LogP contribution in [0.25, 0.3) is 0 Å². The van der Waals surface area contributed by atoms with Crippen LogP contribution in [0.5, 0.6) is 5.75 Å². The highest BCUT2D eigenvalue weighted by Gasteiger charge is 2.22. The van der Waals surface area contributed by atoms with Gasteiger partial charge in [-0.3, -0.25) is 0 Å². The Hall–Kier alpha value is -1.32. The molecule has 0 spiro atoms. The van der Waals surface area contributed by atoms with E-state index in [-0.39, 0.29) is 6.10 Å². The van der Waals surface area contributed by atoms with Gasteiger partial charge in [0.1, 0.15) is 11.9 Å². The summed E-state index contributed by atoms with van der Waals surface area (Å²) in [6, 6.07) is 13.7. The number of fused-ring (bicyclic) bond motifs is 1. The lowest BCUT2D eigenvalue weighted by Gasteiger charge is -2.10. The number of anilines is 1. The third-order valence-corrected chi connectivity index (χ3v) is 4.46. The minimum absolute atomic E-state index is 0.219. The van der Waals surface area contributed by atoms with E-state index in [9.17, 15) is 0 Å². The maximum Gasteiger partial charge on any atom is 0.123 e. The van der Waals surface area contributed by atoms with Crippen LogP contribution in [0.3, 0.4) is 0 Å². The van der Waals surface area contributed by atoms with Gasteiger partial charge in [0.05, 0.1) is 0 Å². The molecule has 0 aromatic heterocycles. The first-order chi connectivity index (χ1) is 9.20. The molecule has 1 atom stereocenters. The van der Waals surface area contributed by atoms with E-state index in [1.54, 1.807) is 11.8 Å². The van der Waals surface area contributed by atoms with Gasteiger partial charge < -0.3 is 10.5 Å². The molecule has 0 bridgehead atoms. The largest absolute Gasteiger partial charge is 0.489 e. The van der Waals surface area contributed by atoms with Gasteiger partial charge in [-0.2, -0.15) is 0 Å². The summed E-state index contributed by atoms with van der Waals surface area (Å²) in [6.07, 6.45) is 1.15. The monoisotopic (exact) mass is 291 g/mol. The second-order valence-corrected chi connectivity index (χ2v) is 6.11. The molecule has 19 heavy (non-hydrogen) atoms. The van der Waals surface area contributed by atoms with Crippen molar-refractivity contribution in [3.8, 4) is 5.75 Å². The highest BCUT2D eigenvalue weighted by molar-refractivity contribution is 7.99. The number of rotatable bonds is 3. The Labute approximate surface area is 121 Å². The summed E-state index contributed by atoms with van der Waals surface area (Å²) in [7, 11) is 0. The molecule has 98 valence electrons. The van der Waals surface area contributed by atoms with E-state index in [1.165, 1.54) is 10.5 Å². The Bertz CT molecular complexity index is 585.